The number of ketones is 3. The molecule has 0 bridgehead atoms. The molecule has 0 heterocycles. The molecule has 1 N–H and O–H groups in total. The highest BCUT2D eigenvalue weighted by molar-refractivity contribution is 6.34. The second kappa shape index (κ2) is 5.56. The molecule has 1 aliphatic carbocycles. The van der Waals surface area contributed by atoms with Crippen molar-refractivity contribution in [1.82, 2.24) is 0 Å². The van der Waals surface area contributed by atoms with E-state index in [1.165, 1.54) is 25.1 Å². The molecule has 4 heteroatoms. The second-order valence-corrected chi connectivity index (χ2v) is 5.06. The number of rotatable bonds is 2. The van der Waals surface area contributed by atoms with Crippen molar-refractivity contribution in [2.75, 3.05) is 0 Å². The number of carbonyl (C=O) groups excluding carboxylic acids is 3. The van der Waals surface area contributed by atoms with Crippen LogP contribution >= 0.6 is 0 Å². The van der Waals surface area contributed by atoms with Gasteiger partial charge >= 0.3 is 0 Å². The predicted octanol–water partition coefficient (Wildman–Crippen LogP) is 3.10. The Balaban J connectivity index is 2.96. The molecule has 112 valence electrons. The molecule has 0 unspecified atom stereocenters. The summed E-state index contributed by atoms with van der Waals surface area (Å²) in [6.45, 7) is 8.18. The second-order valence-electron chi connectivity index (χ2n) is 5.06. The number of fused-ring (bicyclic) bond motifs is 1. The van der Waals surface area contributed by atoms with Crippen LogP contribution in [0.4, 0.5) is 0 Å². The molecule has 22 heavy (non-hydrogen) atoms. The molecular weight excluding hydrogens is 280 g/mol. The average Bonchev–Trinajstić information content (AvgIpc) is 2.47. The lowest BCUT2D eigenvalue weighted by atomic mass is 9.77. The Kier molecular flexibility index (Phi) is 3.95. The van der Waals surface area contributed by atoms with E-state index in [0.717, 1.165) is 0 Å². The van der Waals surface area contributed by atoms with Crippen LogP contribution in [0.5, 0.6) is 5.75 Å². The minimum absolute atomic E-state index is 0.00573. The molecule has 1 aromatic rings. The molecule has 4 nitrogen and oxygen atoms in total. The van der Waals surface area contributed by atoms with Gasteiger partial charge in [-0.1, -0.05) is 24.8 Å². The third-order valence-corrected chi connectivity index (χ3v) is 3.73. The van der Waals surface area contributed by atoms with Crippen LogP contribution in [-0.4, -0.2) is 22.5 Å². The highest BCUT2D eigenvalue weighted by Crippen LogP contribution is 2.37. The molecule has 0 atom stereocenters. The lowest BCUT2D eigenvalue weighted by Crippen LogP contribution is -2.26. The first-order chi connectivity index (χ1) is 10.3. The monoisotopic (exact) mass is 296 g/mol. The molecular formula is C18H16O4. The standard InChI is InChI=1S/C18H16O4/c1-5-11(10(4)19)15-12(6-2)17(21)16-13(20)8-7-9(3)14(16)18(15)22/h5-8,20H,1H2,2-4H3/b12-6+,15-11-. The van der Waals surface area contributed by atoms with Gasteiger partial charge in [0.1, 0.15) is 5.75 Å². The summed E-state index contributed by atoms with van der Waals surface area (Å²) < 4.78 is 0. The maximum Gasteiger partial charge on any atom is 0.197 e. The summed E-state index contributed by atoms with van der Waals surface area (Å²) in [5.41, 5.74) is 0.991. The van der Waals surface area contributed by atoms with Gasteiger partial charge < -0.3 is 5.11 Å². The molecule has 0 aromatic heterocycles. The van der Waals surface area contributed by atoms with Crippen LogP contribution in [0.15, 0.2) is 47.6 Å². The molecule has 2 rings (SSSR count). The van der Waals surface area contributed by atoms with Crippen molar-refractivity contribution >= 4 is 17.3 Å². The third kappa shape index (κ3) is 2.13. The summed E-state index contributed by atoms with van der Waals surface area (Å²) in [4.78, 5) is 37.3. The number of aryl methyl sites for hydroxylation is 1. The number of aromatic hydroxyl groups is 1. The Bertz CT molecular complexity index is 792. The number of Topliss-reactive ketones (excluding diaryl/α,β-unsaturated/α-hetero) is 3. The Morgan fingerprint density at radius 1 is 1.18 bits per heavy atom. The maximum atomic E-state index is 12.8. The summed E-state index contributed by atoms with van der Waals surface area (Å²) >= 11 is 0. The molecule has 0 radical (unpaired) electrons. The Labute approximate surface area is 128 Å². The van der Waals surface area contributed by atoms with E-state index in [2.05, 4.69) is 6.58 Å². The number of hydrogen-bond acceptors (Lipinski definition) is 4. The number of allylic oxidation sites excluding steroid dienone is 5. The van der Waals surface area contributed by atoms with Gasteiger partial charge in [0.25, 0.3) is 0 Å². The zero-order chi connectivity index (χ0) is 16.6. The zero-order valence-corrected chi connectivity index (χ0v) is 12.7. The first-order valence-electron chi connectivity index (χ1n) is 6.81. The van der Waals surface area contributed by atoms with E-state index in [1.807, 2.05) is 0 Å². The predicted molar refractivity (Wildman–Crippen MR) is 83.2 cm³/mol. The lowest BCUT2D eigenvalue weighted by molar-refractivity contribution is -0.113. The molecule has 0 saturated heterocycles. The third-order valence-electron chi connectivity index (χ3n) is 3.73. The summed E-state index contributed by atoms with van der Waals surface area (Å²) in [5.74, 6) is -1.48. The van der Waals surface area contributed by atoms with Crippen molar-refractivity contribution in [2.45, 2.75) is 20.8 Å². The van der Waals surface area contributed by atoms with E-state index in [4.69, 9.17) is 0 Å². The van der Waals surface area contributed by atoms with Crippen molar-refractivity contribution in [1.29, 1.82) is 0 Å². The minimum atomic E-state index is -0.464. The molecule has 0 fully saturated rings. The highest BCUT2D eigenvalue weighted by Gasteiger charge is 2.37. The van der Waals surface area contributed by atoms with Gasteiger partial charge in [-0.3, -0.25) is 14.4 Å². The Hall–Kier alpha value is -2.75. The first kappa shape index (κ1) is 15.6. The molecule has 1 aliphatic rings. The van der Waals surface area contributed by atoms with Gasteiger partial charge in [-0.15, -0.1) is 0 Å². The highest BCUT2D eigenvalue weighted by atomic mass is 16.3. The normalized spacial score (nSPS) is 18.2. The van der Waals surface area contributed by atoms with Crippen LogP contribution in [0.2, 0.25) is 0 Å². The fraction of sp³-hybridized carbons (Fsp3) is 0.167. The van der Waals surface area contributed by atoms with E-state index in [-0.39, 0.29) is 39.4 Å². The molecule has 0 saturated carbocycles. The van der Waals surface area contributed by atoms with Gasteiger partial charge in [0.05, 0.1) is 5.56 Å². The van der Waals surface area contributed by atoms with Crippen molar-refractivity contribution in [2.24, 2.45) is 0 Å². The van der Waals surface area contributed by atoms with Gasteiger partial charge in [0.2, 0.25) is 0 Å². The van der Waals surface area contributed by atoms with Crippen molar-refractivity contribution in [3.8, 4) is 5.75 Å². The van der Waals surface area contributed by atoms with Gasteiger partial charge in [0.15, 0.2) is 17.3 Å². The van der Waals surface area contributed by atoms with Crippen LogP contribution in [0.25, 0.3) is 0 Å². The SMILES string of the molecule is C=C/C(C(C)=O)=C1/C(=O)c2c(C)ccc(O)c2C(=O)/C1=C/C. The van der Waals surface area contributed by atoms with Gasteiger partial charge in [-0.2, -0.15) is 0 Å². The number of phenolic OH excluding ortho intramolecular Hbond substituents is 1. The van der Waals surface area contributed by atoms with E-state index in [1.54, 1.807) is 19.9 Å². The average molecular weight is 296 g/mol. The van der Waals surface area contributed by atoms with E-state index < -0.39 is 11.6 Å². The van der Waals surface area contributed by atoms with Crippen LogP contribution in [0.1, 0.15) is 40.1 Å². The van der Waals surface area contributed by atoms with Gasteiger partial charge in [-0.25, -0.2) is 0 Å². The molecule has 0 amide bonds. The van der Waals surface area contributed by atoms with Crippen LogP contribution in [0.3, 0.4) is 0 Å². The van der Waals surface area contributed by atoms with Crippen molar-refractivity contribution in [3.63, 3.8) is 0 Å². The zero-order valence-electron chi connectivity index (χ0n) is 12.7. The van der Waals surface area contributed by atoms with Crippen LogP contribution in [-0.2, 0) is 4.79 Å². The summed E-state index contributed by atoms with van der Waals surface area (Å²) in [7, 11) is 0. The number of benzene rings is 1. The van der Waals surface area contributed by atoms with E-state index in [9.17, 15) is 19.5 Å². The van der Waals surface area contributed by atoms with Crippen LogP contribution in [0, 0.1) is 6.92 Å². The molecule has 1 aromatic carbocycles. The Morgan fingerprint density at radius 3 is 2.32 bits per heavy atom. The Morgan fingerprint density at radius 2 is 1.82 bits per heavy atom. The van der Waals surface area contributed by atoms with Crippen molar-refractivity contribution < 1.29 is 19.5 Å². The molecule has 0 spiro atoms. The van der Waals surface area contributed by atoms with E-state index in [0.29, 0.717) is 5.56 Å². The number of hydrogen-bond donors (Lipinski definition) is 1. The minimum Gasteiger partial charge on any atom is -0.507 e. The topological polar surface area (TPSA) is 71.4 Å². The molecule has 0 aliphatic heterocycles. The fourth-order valence-corrected chi connectivity index (χ4v) is 2.68. The van der Waals surface area contributed by atoms with Gasteiger partial charge in [0, 0.05) is 22.3 Å². The van der Waals surface area contributed by atoms with Gasteiger partial charge in [-0.05, 0) is 32.4 Å². The largest absolute Gasteiger partial charge is 0.507 e. The smallest absolute Gasteiger partial charge is 0.197 e. The van der Waals surface area contributed by atoms with E-state index >= 15 is 0 Å². The summed E-state index contributed by atoms with van der Waals surface area (Å²) in [5, 5.41) is 9.97. The van der Waals surface area contributed by atoms with Crippen molar-refractivity contribution in [3.05, 3.63) is 64.3 Å². The lowest BCUT2D eigenvalue weighted by Gasteiger charge is -2.23. The summed E-state index contributed by atoms with van der Waals surface area (Å²) in [6.07, 6.45) is 2.77. The maximum absolute atomic E-state index is 12.8. The number of carbonyl (C=O) groups is 3. The fourth-order valence-electron chi connectivity index (χ4n) is 2.68. The quantitative estimate of drug-likeness (QED) is 0.851. The van der Waals surface area contributed by atoms with Crippen LogP contribution < -0.4 is 0 Å². The summed E-state index contributed by atoms with van der Waals surface area (Å²) in [6, 6.07) is 2.96. The first-order valence-corrected chi connectivity index (χ1v) is 6.81. The number of phenols is 1.